The SMILES string of the molecule is C.CCC1(OC(=O)C2C3CC4C(OC(=O)C42)C3OC(=O)C(C)(F)F)C2CC3CC(C2)CC1C3.CCC1(OC(=O)C2C3CC4C(OC(=O)C42)C3OC(=O)[C-](F)F)C2CC3CC(C2)CC1C3.CS(=O)(=O)O.O=S(=O)=O.O=S(c1ccc(F)cc1)c1ccc(F)cc1.Oc1ccc([S+](c2ccc(F)cc2)c2ccc(F)cc2)cc1F.Oc1ccc([S+](c2ccc(F)cc2)c2ccc(F)cc2)cc1F.Oc1ccccc1F.[Na+]. The summed E-state index contributed by atoms with van der Waals surface area (Å²) >= 11 is 0. The van der Waals surface area contributed by atoms with Gasteiger partial charge in [0.15, 0.2) is 64.1 Å². The summed E-state index contributed by atoms with van der Waals surface area (Å²) in [6.07, 6.45) is 8.41. The number of rotatable bonds is 18. The van der Waals surface area contributed by atoms with Crippen LogP contribution in [0.5, 0.6) is 17.2 Å². The van der Waals surface area contributed by atoms with Crippen molar-refractivity contribution < 1.29 is 189 Å². The topological polar surface area (TPSA) is 341 Å². The van der Waals surface area contributed by atoms with Gasteiger partial charge in [-0.15, -0.1) is 12.6 Å². The molecule has 22 nitrogen and oxygen atoms in total. The predicted molar refractivity (Wildman–Crippen MR) is 491 cm³/mol. The van der Waals surface area contributed by atoms with Crippen LogP contribution in [0, 0.1) is 153 Å². The van der Waals surface area contributed by atoms with Gasteiger partial charge in [-0.25, -0.2) is 48.5 Å². The van der Waals surface area contributed by atoms with Crippen molar-refractivity contribution in [3.05, 3.63) is 265 Å². The van der Waals surface area contributed by atoms with Gasteiger partial charge in [-0.3, -0.25) is 28.5 Å². The van der Waals surface area contributed by atoms with Crippen LogP contribution in [-0.2, 0) is 111 Å². The van der Waals surface area contributed by atoms with Gasteiger partial charge in [0, 0.05) is 58.9 Å². The third-order valence-electron chi connectivity index (χ3n) is 28.8. The Balaban J connectivity index is 0.000000155. The molecular formula is C103H102F13NaO22S5+2. The number of hydrogen-bond donors (Lipinski definition) is 4. The first kappa shape index (κ1) is 112. The quantitative estimate of drug-likeness (QED) is 0.0118. The van der Waals surface area contributed by atoms with Crippen molar-refractivity contribution in [2.75, 3.05) is 6.26 Å². The Bertz CT molecular complexity index is 5970. The maximum absolute atomic E-state index is 13.7. The maximum atomic E-state index is 13.7. The number of alkyl halides is 2. The van der Waals surface area contributed by atoms with Crippen molar-refractivity contribution in [1.29, 1.82) is 0 Å². The first-order chi connectivity index (χ1) is 67.2. The summed E-state index contributed by atoms with van der Waals surface area (Å²) in [5, 5.41) is 27.3. The molecule has 9 aromatic rings. The first-order valence-electron chi connectivity index (χ1n) is 45.6. The van der Waals surface area contributed by atoms with Crippen molar-refractivity contribution in [1.82, 2.24) is 0 Å². The summed E-state index contributed by atoms with van der Waals surface area (Å²) in [5.74, 6) is -14.5. The van der Waals surface area contributed by atoms with Gasteiger partial charge in [-0.1, -0.05) is 33.4 Å². The molecule has 14 fully saturated rings. The smallest absolute Gasteiger partial charge is 0.505 e. The zero-order chi connectivity index (χ0) is 103. The van der Waals surface area contributed by atoms with Crippen molar-refractivity contribution in [2.24, 2.45) is 94.7 Å². The monoisotopic (exact) mass is 2120 g/mol. The van der Waals surface area contributed by atoms with Crippen LogP contribution in [-0.4, -0.2) is 129 Å². The number of benzene rings is 9. The third-order valence-corrected chi connectivity index (χ3v) is 34.6. The van der Waals surface area contributed by atoms with E-state index >= 15 is 0 Å². The van der Waals surface area contributed by atoms with Gasteiger partial charge in [0.25, 0.3) is 10.1 Å². The molecule has 12 bridgehead atoms. The van der Waals surface area contributed by atoms with E-state index < -0.39 is 202 Å². The van der Waals surface area contributed by atoms with Crippen molar-refractivity contribution in [2.45, 2.75) is 199 Å². The number of phenolic OH excluding ortho intramolecular Hbond substituents is 3. The molecule has 12 unspecified atom stereocenters. The maximum Gasteiger partial charge on any atom is 1.00 e. The second kappa shape index (κ2) is 47.2. The molecule has 41 heteroatoms. The Hall–Kier alpha value is -10.5. The summed E-state index contributed by atoms with van der Waals surface area (Å²) < 4.78 is 267. The van der Waals surface area contributed by atoms with Crippen LogP contribution < -0.4 is 29.6 Å². The van der Waals surface area contributed by atoms with Gasteiger partial charge in [0.1, 0.15) is 70.5 Å². The van der Waals surface area contributed by atoms with Crippen LogP contribution in [0.25, 0.3) is 0 Å². The number of halogens is 13. The molecule has 9 aromatic carbocycles. The van der Waals surface area contributed by atoms with Crippen molar-refractivity contribution in [3.8, 4) is 17.2 Å². The van der Waals surface area contributed by atoms with E-state index in [0.717, 1.165) is 107 Å². The number of para-hydroxylation sites is 1. The molecule has 14 aliphatic rings. The Morgan fingerprint density at radius 1 is 0.438 bits per heavy atom. The predicted octanol–water partition coefficient (Wildman–Crippen LogP) is 17.4. The summed E-state index contributed by atoms with van der Waals surface area (Å²) in [6, 6.07) is 48.2. The Morgan fingerprint density at radius 2 is 0.715 bits per heavy atom. The molecule has 0 amide bonds. The minimum absolute atomic E-state index is 0. The van der Waals surface area contributed by atoms with Gasteiger partial charge < -0.3 is 52.5 Å². The van der Waals surface area contributed by atoms with E-state index in [-0.39, 0.29) is 89.5 Å². The Morgan fingerprint density at radius 3 is 0.979 bits per heavy atom. The molecule has 0 spiro atoms. The van der Waals surface area contributed by atoms with E-state index in [0.29, 0.717) is 69.3 Å². The molecule has 0 aromatic heterocycles. The van der Waals surface area contributed by atoms with Gasteiger partial charge in [-0.05, 0) is 319 Å². The van der Waals surface area contributed by atoms with Crippen LogP contribution in [0.15, 0.2) is 245 Å². The largest absolute Gasteiger partial charge is 1.00 e. The molecule has 0 radical (unpaired) electrons. The molecule has 2 aliphatic heterocycles. The number of phenols is 3. The van der Waals surface area contributed by atoms with E-state index in [1.54, 1.807) is 66.7 Å². The average Bonchev–Trinajstić information content (AvgIpc) is 1.41. The second-order valence-corrected chi connectivity index (χ2v) is 44.6. The molecule has 2 heterocycles. The molecule has 23 rings (SSSR count). The van der Waals surface area contributed by atoms with E-state index in [2.05, 4.69) is 13.8 Å². The molecule has 4 N–H and O–H groups in total. The first-order valence-corrected chi connectivity index (χ1v) is 52.1. The number of hydrogen-bond acceptors (Lipinski definition) is 21. The van der Waals surface area contributed by atoms with Gasteiger partial charge >= 0.3 is 75.9 Å². The molecular weight excluding hydrogens is 2020 g/mol. The third kappa shape index (κ3) is 25.5. The summed E-state index contributed by atoms with van der Waals surface area (Å²) in [4.78, 5) is 81.0. The van der Waals surface area contributed by atoms with E-state index in [4.69, 9.17) is 50.7 Å². The molecule has 12 atom stereocenters. The number of esters is 6. The van der Waals surface area contributed by atoms with Crippen molar-refractivity contribution >= 4 is 89.1 Å². The van der Waals surface area contributed by atoms with Gasteiger partial charge in [-0.2, -0.15) is 17.2 Å². The number of aromatic hydroxyl groups is 3. The molecule has 766 valence electrons. The average molecular weight is 2120 g/mol. The van der Waals surface area contributed by atoms with Crippen LogP contribution >= 0.6 is 0 Å². The van der Waals surface area contributed by atoms with Crippen LogP contribution in [0.1, 0.15) is 118 Å². The second-order valence-electron chi connectivity index (χ2n) is 37.2. The zero-order valence-corrected chi connectivity index (χ0v) is 83.3. The zero-order valence-electron chi connectivity index (χ0n) is 77.2. The number of carbonyl (C=O) groups excluding carboxylic acids is 6. The van der Waals surface area contributed by atoms with Gasteiger partial charge in [0.05, 0.1) is 62.5 Å². The van der Waals surface area contributed by atoms with E-state index in [9.17, 15) is 109 Å². The van der Waals surface area contributed by atoms with Crippen LogP contribution in [0.4, 0.5) is 57.1 Å². The van der Waals surface area contributed by atoms with Crippen LogP contribution in [0.3, 0.4) is 0 Å². The normalized spacial score (nSPS) is 27.7. The van der Waals surface area contributed by atoms with E-state index in [1.165, 1.54) is 152 Å². The molecule has 12 aliphatic carbocycles. The number of fused-ring (bicyclic) bond motifs is 2. The Labute approximate surface area is 853 Å². The van der Waals surface area contributed by atoms with E-state index in [1.807, 2.05) is 0 Å². The van der Waals surface area contributed by atoms with Crippen LogP contribution in [0.2, 0.25) is 0 Å². The number of ether oxygens (including phenoxy) is 6. The summed E-state index contributed by atoms with van der Waals surface area (Å²) in [5.41, 5.74) is -1.00. The number of carbonyl (C=O) groups is 6. The fourth-order valence-corrected chi connectivity index (χ4v) is 28.6. The summed E-state index contributed by atoms with van der Waals surface area (Å²) in [6.45, 7) is 4.62. The fraction of sp³-hybridized carbons (Fsp3) is 0.408. The molecule has 144 heavy (non-hydrogen) atoms. The molecule has 2 saturated heterocycles. The van der Waals surface area contributed by atoms with Crippen molar-refractivity contribution in [3.63, 3.8) is 0 Å². The molecule has 12 saturated carbocycles. The standard InChI is InChI=1S/C24H30F2O6.C23H27F2O6.2C18H11F3OS.C12H8F2OS.C6H5FO.CH4O3S.CH4.Na.O3S/c1-3-24(12-5-10-4-11(7-12)8-13(24)6-10)32-21(28)17-15-9-14-16(17)20(27)30-18(14)19(15)31-22(29)23(2,25)26;1-2-23(11-4-9-3-10(6-11)7-12(23)5-9)31-21(27)16-14-8-13-15(16)20(26)29-17(13)18(14)30-22(28)19(24)25;2*19-12-1-5-14(6-2-12)23(15-7-3-13(20)4-8-15)16-9-10-18(22)17(21)11-16;13-9-1-5-11(6-2-9)16(15)12-7-3-10(14)4-8-12;7-5-3-1-2-4-6(5)8;1-5(2,3)4;;;1-4(2)3/h10-19H,3-9H2,1-2H3;9-18H,2-8H2,1H3;2*1-11H;1-8H;1-4,8H;1H3,(H,2,3,4);1H4;;/q;-1;;;;;;;+1;/p+2. The minimum atomic E-state index is -3.67. The van der Waals surface area contributed by atoms with Gasteiger partial charge in [0.2, 0.25) is 5.97 Å². The summed E-state index contributed by atoms with van der Waals surface area (Å²) in [7, 11) is -9.64. The fourth-order valence-electron chi connectivity index (χ4n) is 23.5. The Kier molecular flexibility index (Phi) is 36.8. The minimum Gasteiger partial charge on any atom is -0.505 e.